The second-order valence-corrected chi connectivity index (χ2v) is 5.25. The molecular weight excluding hydrogens is 274 g/mol. The summed E-state index contributed by atoms with van der Waals surface area (Å²) in [6.45, 7) is 1.41. The molecule has 0 N–H and O–H groups in total. The predicted molar refractivity (Wildman–Crippen MR) is 84.4 cm³/mol. The van der Waals surface area contributed by atoms with Crippen molar-refractivity contribution < 1.29 is 0 Å². The molecule has 5 heteroatoms. The zero-order valence-electron chi connectivity index (χ0n) is 12.0. The zero-order chi connectivity index (χ0) is 14.8. The zero-order valence-corrected chi connectivity index (χ0v) is 12.0. The van der Waals surface area contributed by atoms with Crippen LogP contribution >= 0.6 is 0 Å². The van der Waals surface area contributed by atoms with Gasteiger partial charge in [0, 0.05) is 0 Å². The van der Waals surface area contributed by atoms with E-state index in [0.717, 1.165) is 23.3 Å². The van der Waals surface area contributed by atoms with Crippen LogP contribution in [0.25, 0.3) is 11.0 Å². The first kappa shape index (κ1) is 12.8. The van der Waals surface area contributed by atoms with Crippen molar-refractivity contribution >= 4 is 11.0 Å². The Morgan fingerprint density at radius 1 is 0.864 bits per heavy atom. The fourth-order valence-electron chi connectivity index (χ4n) is 2.57. The molecular formula is C17H15N5. The number of hydrogen-bond acceptors (Lipinski definition) is 3. The Morgan fingerprint density at radius 3 is 2.59 bits per heavy atom. The summed E-state index contributed by atoms with van der Waals surface area (Å²) in [6, 6.07) is 18.4. The highest BCUT2D eigenvalue weighted by Gasteiger charge is 2.06. The molecule has 0 bridgehead atoms. The molecule has 0 saturated heterocycles. The Balaban J connectivity index is 1.54. The van der Waals surface area contributed by atoms with Crippen molar-refractivity contribution in [1.29, 1.82) is 0 Å². The molecule has 0 amide bonds. The minimum Gasteiger partial charge on any atom is -0.324 e. The molecule has 4 rings (SSSR count). The Kier molecular flexibility index (Phi) is 3.16. The Labute approximate surface area is 127 Å². The number of nitrogens with zero attached hydrogens (tertiary/aromatic N) is 5. The van der Waals surface area contributed by atoms with Gasteiger partial charge in [0.2, 0.25) is 0 Å². The van der Waals surface area contributed by atoms with Gasteiger partial charge in [-0.05, 0) is 17.7 Å². The first-order chi connectivity index (χ1) is 10.9. The van der Waals surface area contributed by atoms with Crippen LogP contribution in [-0.2, 0) is 13.1 Å². The summed E-state index contributed by atoms with van der Waals surface area (Å²) in [4.78, 5) is 4.40. The molecule has 0 saturated carbocycles. The number of imidazole rings is 1. The second kappa shape index (κ2) is 5.44. The minimum atomic E-state index is 0.676. The molecule has 4 aromatic rings. The van der Waals surface area contributed by atoms with Crippen molar-refractivity contribution in [3.8, 4) is 0 Å². The number of hydrogen-bond donors (Lipinski definition) is 0. The van der Waals surface area contributed by atoms with Crippen LogP contribution in [0.3, 0.4) is 0 Å². The van der Waals surface area contributed by atoms with E-state index in [9.17, 15) is 0 Å². The molecule has 2 heterocycles. The van der Waals surface area contributed by atoms with Crippen LogP contribution < -0.4 is 0 Å². The number of para-hydroxylation sites is 2. The Morgan fingerprint density at radius 2 is 1.68 bits per heavy atom. The summed E-state index contributed by atoms with van der Waals surface area (Å²) >= 11 is 0. The molecule has 0 aliphatic carbocycles. The Hall–Kier alpha value is -2.95. The van der Waals surface area contributed by atoms with Gasteiger partial charge in [-0.25, -0.2) is 9.67 Å². The minimum absolute atomic E-state index is 0.676. The molecule has 0 aliphatic rings. The van der Waals surface area contributed by atoms with Gasteiger partial charge in [0.05, 0.1) is 36.6 Å². The first-order valence-corrected chi connectivity index (χ1v) is 7.21. The highest BCUT2D eigenvalue weighted by atomic mass is 15.4. The van der Waals surface area contributed by atoms with E-state index < -0.39 is 0 Å². The van der Waals surface area contributed by atoms with Gasteiger partial charge in [0.15, 0.2) is 0 Å². The summed E-state index contributed by atoms with van der Waals surface area (Å²) in [5, 5.41) is 8.46. The maximum atomic E-state index is 4.40. The van der Waals surface area contributed by atoms with E-state index in [4.69, 9.17) is 0 Å². The third-order valence-corrected chi connectivity index (χ3v) is 3.63. The SMILES string of the molecule is c1ccc(Cn2cc(Cn3cnc4ccccc43)nn2)cc1. The summed E-state index contributed by atoms with van der Waals surface area (Å²) in [7, 11) is 0. The maximum absolute atomic E-state index is 4.40. The molecule has 108 valence electrons. The average Bonchev–Trinajstić information content (AvgIpc) is 3.17. The van der Waals surface area contributed by atoms with E-state index in [-0.39, 0.29) is 0 Å². The van der Waals surface area contributed by atoms with E-state index >= 15 is 0 Å². The van der Waals surface area contributed by atoms with Crippen molar-refractivity contribution in [2.75, 3.05) is 0 Å². The second-order valence-electron chi connectivity index (χ2n) is 5.25. The van der Waals surface area contributed by atoms with Crippen LogP contribution in [0.2, 0.25) is 0 Å². The summed E-state index contributed by atoms with van der Waals surface area (Å²) in [5.41, 5.74) is 4.26. The van der Waals surface area contributed by atoms with E-state index in [1.165, 1.54) is 5.56 Å². The summed E-state index contributed by atoms with van der Waals surface area (Å²) in [6.07, 6.45) is 3.84. The lowest BCUT2D eigenvalue weighted by Crippen LogP contribution is -2.00. The third-order valence-electron chi connectivity index (χ3n) is 3.63. The molecule has 0 radical (unpaired) electrons. The molecule has 22 heavy (non-hydrogen) atoms. The highest BCUT2D eigenvalue weighted by molar-refractivity contribution is 5.74. The fourth-order valence-corrected chi connectivity index (χ4v) is 2.57. The van der Waals surface area contributed by atoms with Crippen LogP contribution in [0.5, 0.6) is 0 Å². The Bertz CT molecular complexity index is 891. The van der Waals surface area contributed by atoms with Crippen LogP contribution in [0, 0.1) is 0 Å². The molecule has 0 atom stereocenters. The van der Waals surface area contributed by atoms with E-state index in [2.05, 4.69) is 38.1 Å². The molecule has 2 aromatic heterocycles. The van der Waals surface area contributed by atoms with Crippen molar-refractivity contribution in [3.63, 3.8) is 0 Å². The van der Waals surface area contributed by atoms with E-state index in [1.807, 2.05) is 53.6 Å². The van der Waals surface area contributed by atoms with Gasteiger partial charge < -0.3 is 4.57 Å². The van der Waals surface area contributed by atoms with Gasteiger partial charge in [-0.2, -0.15) is 0 Å². The van der Waals surface area contributed by atoms with Crippen LogP contribution in [0.4, 0.5) is 0 Å². The molecule has 5 nitrogen and oxygen atoms in total. The fraction of sp³-hybridized carbons (Fsp3) is 0.118. The standard InChI is InChI=1S/C17H15N5/c1-2-6-14(7-3-1)10-22-12-15(19-20-22)11-21-13-18-16-8-4-5-9-17(16)21/h1-9,12-13H,10-11H2. The highest BCUT2D eigenvalue weighted by Crippen LogP contribution is 2.13. The summed E-state index contributed by atoms with van der Waals surface area (Å²) < 4.78 is 3.95. The number of benzene rings is 2. The monoisotopic (exact) mass is 289 g/mol. The lowest BCUT2D eigenvalue weighted by atomic mass is 10.2. The summed E-state index contributed by atoms with van der Waals surface area (Å²) in [5.74, 6) is 0. The number of rotatable bonds is 4. The molecule has 0 unspecified atom stereocenters. The van der Waals surface area contributed by atoms with E-state index in [1.54, 1.807) is 0 Å². The van der Waals surface area contributed by atoms with Gasteiger partial charge in [-0.15, -0.1) is 5.10 Å². The largest absolute Gasteiger partial charge is 0.324 e. The molecule has 0 spiro atoms. The van der Waals surface area contributed by atoms with Gasteiger partial charge in [-0.1, -0.05) is 47.7 Å². The first-order valence-electron chi connectivity index (χ1n) is 7.21. The predicted octanol–water partition coefficient (Wildman–Crippen LogP) is 2.72. The van der Waals surface area contributed by atoms with Gasteiger partial charge in [0.25, 0.3) is 0 Å². The normalized spacial score (nSPS) is 11.1. The topological polar surface area (TPSA) is 48.5 Å². The maximum Gasteiger partial charge on any atom is 0.102 e. The van der Waals surface area contributed by atoms with Crippen molar-refractivity contribution in [2.24, 2.45) is 0 Å². The van der Waals surface area contributed by atoms with E-state index in [0.29, 0.717) is 6.54 Å². The third kappa shape index (κ3) is 2.48. The average molecular weight is 289 g/mol. The molecule has 0 fully saturated rings. The van der Waals surface area contributed by atoms with Crippen LogP contribution in [0.1, 0.15) is 11.3 Å². The van der Waals surface area contributed by atoms with Gasteiger partial charge >= 0.3 is 0 Å². The van der Waals surface area contributed by atoms with Gasteiger partial charge in [0.1, 0.15) is 5.69 Å². The number of fused-ring (bicyclic) bond motifs is 1. The smallest absolute Gasteiger partial charge is 0.102 e. The van der Waals surface area contributed by atoms with Crippen LogP contribution in [-0.4, -0.2) is 24.5 Å². The van der Waals surface area contributed by atoms with Crippen molar-refractivity contribution in [1.82, 2.24) is 24.5 Å². The van der Waals surface area contributed by atoms with Crippen molar-refractivity contribution in [2.45, 2.75) is 13.1 Å². The van der Waals surface area contributed by atoms with Gasteiger partial charge in [-0.3, -0.25) is 0 Å². The lowest BCUT2D eigenvalue weighted by molar-refractivity contribution is 0.649. The van der Waals surface area contributed by atoms with Crippen LogP contribution in [0.15, 0.2) is 67.1 Å². The quantitative estimate of drug-likeness (QED) is 0.580. The number of aromatic nitrogens is 5. The lowest BCUT2D eigenvalue weighted by Gasteiger charge is -2.01. The molecule has 0 aliphatic heterocycles. The molecule has 2 aromatic carbocycles. The van der Waals surface area contributed by atoms with Crippen molar-refractivity contribution in [3.05, 3.63) is 78.4 Å².